The molecular formula is C95H147N19O21. The predicted molar refractivity (Wildman–Crippen MR) is 505 cm³/mol. The van der Waals surface area contributed by atoms with Gasteiger partial charge in [-0.3, -0.25) is 81.5 Å². The van der Waals surface area contributed by atoms with Crippen molar-refractivity contribution in [3.8, 4) is 0 Å². The van der Waals surface area contributed by atoms with Crippen molar-refractivity contribution in [2.24, 2.45) is 53.1 Å². The van der Waals surface area contributed by atoms with E-state index >= 15 is 0 Å². The minimum Gasteiger partial charge on any atom is -0.480 e. The number of hydrogen-bond donors (Lipinski definition) is 22. The third-order valence-electron chi connectivity index (χ3n) is 23.0. The van der Waals surface area contributed by atoms with Crippen LogP contribution in [0, 0.1) is 47.3 Å². The van der Waals surface area contributed by atoms with Gasteiger partial charge in [-0.15, -0.1) is 0 Å². The number of H-pyrrole nitrogens is 1. The maximum Gasteiger partial charge on any atom is 0.328 e. The Morgan fingerprint density at radius 3 is 1.10 bits per heavy atom. The molecule has 4 aromatic rings. The van der Waals surface area contributed by atoms with Gasteiger partial charge in [0.25, 0.3) is 0 Å². The summed E-state index contributed by atoms with van der Waals surface area (Å²) >= 11 is 0. The van der Waals surface area contributed by atoms with Gasteiger partial charge in [0.1, 0.15) is 78.5 Å². The predicted octanol–water partition coefficient (Wildman–Crippen LogP) is 0.135. The molecule has 3 aromatic carbocycles. The van der Waals surface area contributed by atoms with Crippen LogP contribution in [0.1, 0.15) is 193 Å². The molecule has 0 fully saturated rings. The Labute approximate surface area is 790 Å². The van der Waals surface area contributed by atoms with E-state index in [0.717, 1.165) is 6.92 Å². The number of fused-ring (bicyclic) bond motifs is 1. The molecule has 0 saturated heterocycles. The summed E-state index contributed by atoms with van der Waals surface area (Å²) in [4.78, 5) is 254. The van der Waals surface area contributed by atoms with Crippen LogP contribution in [-0.2, 0) is 106 Å². The average Bonchev–Trinajstić information content (AvgIpc) is 1.68. The van der Waals surface area contributed by atoms with Crippen LogP contribution in [0.15, 0.2) is 91.1 Å². The van der Waals surface area contributed by atoms with Crippen molar-refractivity contribution < 1.29 is 102 Å². The van der Waals surface area contributed by atoms with Gasteiger partial charge in [-0.2, -0.15) is 0 Å². The van der Waals surface area contributed by atoms with E-state index < -0.39 is 253 Å². The summed E-state index contributed by atoms with van der Waals surface area (Å²) in [5, 5.41) is 74.1. The third-order valence-corrected chi connectivity index (χ3v) is 23.0. The fourth-order valence-electron chi connectivity index (χ4n) is 14.5. The highest BCUT2D eigenvalue weighted by Gasteiger charge is 2.40. The number of nitrogens with one attached hydrogen (secondary N) is 18. The third kappa shape index (κ3) is 39.2. The fraction of sp³-hybridized carbons (Fsp3) is 0.600. The lowest BCUT2D eigenvalue weighted by Gasteiger charge is -2.29. The van der Waals surface area contributed by atoms with Gasteiger partial charge < -0.3 is 116 Å². The van der Waals surface area contributed by atoms with Crippen molar-refractivity contribution in [1.29, 1.82) is 0 Å². The maximum absolute atomic E-state index is 14.8. The second-order valence-electron chi connectivity index (χ2n) is 36.9. The van der Waals surface area contributed by atoms with Gasteiger partial charge in [-0.25, -0.2) is 4.79 Å². The number of aliphatic carboxylic acids is 1. The van der Waals surface area contributed by atoms with Crippen LogP contribution in [0.25, 0.3) is 10.9 Å². The first-order valence-electron chi connectivity index (χ1n) is 46.5. The molecule has 0 aliphatic rings. The highest BCUT2D eigenvalue weighted by atomic mass is 16.4. The first-order chi connectivity index (χ1) is 63.5. The van der Waals surface area contributed by atoms with Crippen molar-refractivity contribution in [2.75, 3.05) is 26.2 Å². The van der Waals surface area contributed by atoms with Gasteiger partial charge in [0.2, 0.25) is 100 Å². The Kier molecular flexibility index (Phi) is 48.8. The van der Waals surface area contributed by atoms with E-state index in [4.69, 9.17) is 5.73 Å². The SMILES string of the molecule is CC[C@H](C)[C@H](NC(=O)[C@H](C)NC(=O)CNC(=O)[C@@H](NC(=O)[C@H](Cc1c[nH]c2ccccc12)NC(=O)CNC(=O)[C@H](CC(C)C)NC(=O)[C@H](Cc1ccccc1)NC(=O)[C@H](C)NC(=O)[C@H](CC(C)C)NC(=O)[C@@H](NC(=O)[C@H](Cc1ccccc1)NC(=O)CNC(=O)[C@H](CC(C)C)NC(=O)[C@@H](N)CC(C)C)[C@@H](C)CC)[C@@H](C)CC)C(=O)N[C@H](C(=O)N[C@@H](CO)C(=O)N[C@H](C(=O)O)[C@@H](C)O)C(C)C. The summed E-state index contributed by atoms with van der Waals surface area (Å²) in [6.45, 7) is 28.8. The van der Waals surface area contributed by atoms with Gasteiger partial charge >= 0.3 is 5.97 Å². The molecule has 4 rings (SSSR count). The summed E-state index contributed by atoms with van der Waals surface area (Å²) < 4.78 is 0. The number of nitrogens with two attached hydrogens (primary N) is 1. The molecule has 1 aromatic heterocycles. The average molecular weight is 1890 g/mol. The zero-order valence-electron chi connectivity index (χ0n) is 81.2. The van der Waals surface area contributed by atoms with Crippen molar-refractivity contribution in [3.63, 3.8) is 0 Å². The van der Waals surface area contributed by atoms with Gasteiger partial charge in [0.05, 0.1) is 38.4 Å². The number of aromatic nitrogens is 1. The molecule has 0 aliphatic carbocycles. The van der Waals surface area contributed by atoms with Crippen LogP contribution < -0.4 is 96.1 Å². The lowest BCUT2D eigenvalue weighted by Crippen LogP contribution is -2.61. The van der Waals surface area contributed by atoms with E-state index in [-0.39, 0.29) is 62.2 Å². The monoisotopic (exact) mass is 1890 g/mol. The minimum atomic E-state index is -1.78. The smallest absolute Gasteiger partial charge is 0.328 e. The summed E-state index contributed by atoms with van der Waals surface area (Å²) in [5.74, 6) is -18.4. The van der Waals surface area contributed by atoms with E-state index in [1.165, 1.54) is 13.8 Å². The van der Waals surface area contributed by atoms with E-state index in [9.17, 15) is 102 Å². The van der Waals surface area contributed by atoms with Gasteiger partial charge in [-0.05, 0) is 117 Å². The van der Waals surface area contributed by atoms with Crippen molar-refractivity contribution in [3.05, 3.63) is 108 Å². The van der Waals surface area contributed by atoms with E-state index in [2.05, 4.69) is 90.1 Å². The summed E-state index contributed by atoms with van der Waals surface area (Å²) in [5.41, 5.74) is 8.61. The zero-order chi connectivity index (χ0) is 101. The Morgan fingerprint density at radius 1 is 0.326 bits per heavy atom. The Balaban J connectivity index is 1.50. The molecule has 0 unspecified atom stereocenters. The Bertz CT molecular complexity index is 4630. The fourth-order valence-corrected chi connectivity index (χ4v) is 14.5. The second kappa shape index (κ2) is 57.3. The number of carbonyl (C=O) groups excluding carboxylic acids is 17. The first-order valence-corrected chi connectivity index (χ1v) is 46.5. The topological polar surface area (TPSA) is 614 Å². The molecule has 0 radical (unpaired) electrons. The zero-order valence-corrected chi connectivity index (χ0v) is 81.2. The molecule has 135 heavy (non-hydrogen) atoms. The van der Waals surface area contributed by atoms with Crippen LogP contribution in [0.3, 0.4) is 0 Å². The molecule has 0 bridgehead atoms. The van der Waals surface area contributed by atoms with Crippen molar-refractivity contribution in [2.45, 2.75) is 292 Å². The molecule has 23 N–H and O–H groups in total. The summed E-state index contributed by atoms with van der Waals surface area (Å²) in [6.07, 6.45) is 1.40. The molecule has 19 atom stereocenters. The molecule has 0 spiro atoms. The largest absolute Gasteiger partial charge is 0.480 e. The number of carboxylic acid groups (broad SMARTS) is 1. The van der Waals surface area contributed by atoms with Crippen LogP contribution in [0.4, 0.5) is 0 Å². The van der Waals surface area contributed by atoms with E-state index in [0.29, 0.717) is 53.3 Å². The number of aliphatic hydroxyl groups excluding tert-OH is 2. The molecule has 17 amide bonds. The molecule has 0 saturated carbocycles. The summed E-state index contributed by atoms with van der Waals surface area (Å²) in [6, 6.07) is 4.24. The minimum absolute atomic E-state index is 0.00667. The van der Waals surface area contributed by atoms with Gasteiger partial charge in [0.15, 0.2) is 6.04 Å². The number of hydrogen-bond acceptors (Lipinski definition) is 21. The van der Waals surface area contributed by atoms with Crippen LogP contribution in [0.5, 0.6) is 0 Å². The quantitative estimate of drug-likeness (QED) is 0.0279. The molecule has 748 valence electrons. The van der Waals surface area contributed by atoms with Gasteiger partial charge in [-0.1, -0.05) is 209 Å². The lowest BCUT2D eigenvalue weighted by atomic mass is 9.95. The summed E-state index contributed by atoms with van der Waals surface area (Å²) in [7, 11) is 0. The molecular weight excluding hydrogens is 1740 g/mol. The first kappa shape index (κ1) is 115. The van der Waals surface area contributed by atoms with Crippen molar-refractivity contribution >= 4 is 117 Å². The number of carboxylic acids is 1. The number of aliphatic hydroxyl groups is 2. The number of aromatic amines is 1. The Hall–Kier alpha value is -12.5. The Morgan fingerprint density at radius 2 is 0.652 bits per heavy atom. The van der Waals surface area contributed by atoms with Crippen LogP contribution in [-0.4, -0.2) is 250 Å². The number of amides is 17. The highest BCUT2D eigenvalue weighted by molar-refractivity contribution is 6.01. The van der Waals surface area contributed by atoms with Crippen LogP contribution >= 0.6 is 0 Å². The van der Waals surface area contributed by atoms with Gasteiger partial charge in [0, 0.05) is 36.4 Å². The molecule has 1 heterocycles. The lowest BCUT2D eigenvalue weighted by molar-refractivity contribution is -0.145. The second-order valence-corrected chi connectivity index (χ2v) is 36.9. The molecule has 0 aliphatic heterocycles. The van der Waals surface area contributed by atoms with Crippen LogP contribution in [0.2, 0.25) is 0 Å². The number of benzene rings is 3. The van der Waals surface area contributed by atoms with E-state index in [1.807, 2.05) is 33.0 Å². The maximum atomic E-state index is 14.8. The number of para-hydroxylation sites is 1. The van der Waals surface area contributed by atoms with E-state index in [1.54, 1.807) is 174 Å². The standard InChI is InChI=1S/C95H147N19O21/c1-20-54(14)77(91(130)100-45-73(117)101-57(17)82(121)111-79(56(16)22-3)94(133)110-76(53(12)13)92(131)109-72(48-115)90(129)114-80(59(19)116)95(134)135)112-89(128)71(43-62-44-97-65-36-30-29-35-63(62)65)104-75(119)47-99-85(124)67(39-51(8)9)107-87(126)70(42-61-33-27-24-28-34-61)105-81(120)58(18)102-86(125)68(40-52(10)11)108-93(132)78(55(15)21-2)113-88(127)69(41-60-31-25-23-26-32-60)103-74(118)46-98-84(123)66(38-50(6)7)106-83(122)64(96)37-49(4)5/h23-36,44,49-59,64,66-72,76-80,97,115-116H,20-22,37-43,45-48,96H2,1-19H3,(H,98,123)(H,99,124)(H,100,130)(H,101,117)(H,102,125)(H,103,118)(H,104,119)(H,105,120)(H,106,122)(H,107,126)(H,108,132)(H,109,131)(H,110,133)(H,111,121)(H,112,128)(H,113,127)(H,114,129)(H,134,135)/t54-,55-,56-,57-,58-,59+,64-,66-,67-,68-,69-,70-,71-,72-,76-,77-,78-,79-,80-/m0/s1. The number of rotatable bonds is 58. The molecule has 40 nitrogen and oxygen atoms in total. The normalized spacial score (nSPS) is 15.6. The van der Waals surface area contributed by atoms with Crippen molar-refractivity contribution in [1.82, 2.24) is 95.4 Å². The highest BCUT2D eigenvalue weighted by Crippen LogP contribution is 2.22. The number of carbonyl (C=O) groups is 18. The molecule has 40 heteroatoms.